The SMILES string of the molecule is O=C(O)c1nc2ccc(I)cc2c2[nH]c3ccc(F)cc3c12. The molecule has 2 aromatic carbocycles. The van der Waals surface area contributed by atoms with Gasteiger partial charge in [-0.15, -0.1) is 0 Å². The fraction of sp³-hybridized carbons (Fsp3) is 0. The Bertz CT molecular complexity index is 1090. The minimum atomic E-state index is -1.13. The summed E-state index contributed by atoms with van der Waals surface area (Å²) in [5, 5.41) is 11.3. The van der Waals surface area contributed by atoms with E-state index in [0.29, 0.717) is 27.3 Å². The van der Waals surface area contributed by atoms with E-state index in [-0.39, 0.29) is 5.69 Å². The number of carbonyl (C=O) groups is 1. The van der Waals surface area contributed by atoms with E-state index in [2.05, 4.69) is 32.6 Å². The van der Waals surface area contributed by atoms with Crippen molar-refractivity contribution in [2.75, 3.05) is 0 Å². The van der Waals surface area contributed by atoms with Gasteiger partial charge in [-0.05, 0) is 59.0 Å². The molecule has 2 N–H and O–H groups in total. The predicted octanol–water partition coefficient (Wildman–Crippen LogP) is 4.31. The van der Waals surface area contributed by atoms with Crippen LogP contribution in [0.25, 0.3) is 32.7 Å². The summed E-state index contributed by atoms with van der Waals surface area (Å²) >= 11 is 2.19. The summed E-state index contributed by atoms with van der Waals surface area (Å²) in [6.07, 6.45) is 0. The molecule has 0 saturated carbocycles. The minimum Gasteiger partial charge on any atom is -0.476 e. The quantitative estimate of drug-likeness (QED) is 0.463. The van der Waals surface area contributed by atoms with Crippen molar-refractivity contribution < 1.29 is 14.3 Å². The van der Waals surface area contributed by atoms with Gasteiger partial charge in [0.05, 0.1) is 11.0 Å². The van der Waals surface area contributed by atoms with Crippen LogP contribution in [0.1, 0.15) is 10.5 Å². The van der Waals surface area contributed by atoms with Crippen molar-refractivity contribution in [2.24, 2.45) is 0 Å². The second-order valence-electron chi connectivity index (χ2n) is 4.99. The highest BCUT2D eigenvalue weighted by molar-refractivity contribution is 14.1. The third-order valence-corrected chi connectivity index (χ3v) is 4.33. The molecule has 0 unspecified atom stereocenters. The first-order chi connectivity index (χ1) is 10.5. The van der Waals surface area contributed by atoms with Gasteiger partial charge in [0, 0.05) is 25.2 Å². The van der Waals surface area contributed by atoms with Crippen molar-refractivity contribution in [3.8, 4) is 0 Å². The largest absolute Gasteiger partial charge is 0.476 e. The van der Waals surface area contributed by atoms with E-state index >= 15 is 0 Å². The molecule has 22 heavy (non-hydrogen) atoms. The van der Waals surface area contributed by atoms with Crippen molar-refractivity contribution in [1.29, 1.82) is 0 Å². The van der Waals surface area contributed by atoms with Crippen LogP contribution in [0.15, 0.2) is 36.4 Å². The maximum absolute atomic E-state index is 13.6. The van der Waals surface area contributed by atoms with Gasteiger partial charge in [0.1, 0.15) is 5.82 Å². The predicted molar refractivity (Wildman–Crippen MR) is 90.7 cm³/mol. The van der Waals surface area contributed by atoms with Crippen LogP contribution < -0.4 is 0 Å². The molecule has 0 atom stereocenters. The molecule has 2 aromatic heterocycles. The lowest BCUT2D eigenvalue weighted by atomic mass is 10.1. The van der Waals surface area contributed by atoms with Gasteiger partial charge in [0.15, 0.2) is 5.69 Å². The Kier molecular flexibility index (Phi) is 2.83. The number of hydrogen-bond donors (Lipinski definition) is 2. The number of aromatic amines is 1. The van der Waals surface area contributed by atoms with Crippen molar-refractivity contribution in [2.45, 2.75) is 0 Å². The van der Waals surface area contributed by atoms with Gasteiger partial charge in [0.25, 0.3) is 0 Å². The topological polar surface area (TPSA) is 66.0 Å². The van der Waals surface area contributed by atoms with Crippen LogP contribution in [0.5, 0.6) is 0 Å². The number of benzene rings is 2. The first-order valence-electron chi connectivity index (χ1n) is 6.48. The van der Waals surface area contributed by atoms with Crippen molar-refractivity contribution in [3.05, 3.63) is 51.5 Å². The van der Waals surface area contributed by atoms with E-state index in [1.807, 2.05) is 12.1 Å². The number of nitrogens with zero attached hydrogens (tertiary/aromatic N) is 1. The molecular formula is C16H8FIN2O2. The molecule has 2 heterocycles. The maximum atomic E-state index is 13.6. The molecule has 0 saturated heterocycles. The standard InChI is InChI=1S/C16H8FIN2O2/c17-7-1-3-11-9(5-7)13-14(19-11)10-6-8(18)2-4-12(10)20-15(13)16(21)22/h1-6,19H,(H,21,22). The zero-order valence-corrected chi connectivity index (χ0v) is 13.2. The van der Waals surface area contributed by atoms with E-state index < -0.39 is 11.8 Å². The molecule has 0 aliphatic heterocycles. The number of nitrogens with one attached hydrogen (secondary N) is 1. The molecule has 0 radical (unpaired) electrons. The number of aromatic nitrogens is 2. The summed E-state index contributed by atoms with van der Waals surface area (Å²) in [7, 11) is 0. The first kappa shape index (κ1) is 13.4. The number of fused-ring (bicyclic) bond motifs is 5. The summed E-state index contributed by atoms with van der Waals surface area (Å²) in [6.45, 7) is 0. The number of rotatable bonds is 1. The summed E-state index contributed by atoms with van der Waals surface area (Å²) in [5.74, 6) is -1.54. The molecule has 6 heteroatoms. The van der Waals surface area contributed by atoms with E-state index in [9.17, 15) is 14.3 Å². The van der Waals surface area contributed by atoms with Crippen LogP contribution in [0.3, 0.4) is 0 Å². The molecule has 0 fully saturated rings. The molecule has 4 aromatic rings. The fourth-order valence-electron chi connectivity index (χ4n) is 2.75. The normalized spacial score (nSPS) is 11.5. The average Bonchev–Trinajstić information content (AvgIpc) is 2.85. The molecule has 108 valence electrons. The van der Waals surface area contributed by atoms with Crippen molar-refractivity contribution in [1.82, 2.24) is 9.97 Å². The van der Waals surface area contributed by atoms with Gasteiger partial charge in [0.2, 0.25) is 0 Å². The summed E-state index contributed by atoms with van der Waals surface area (Å²) in [4.78, 5) is 19.0. The number of pyridine rings is 1. The molecule has 0 bridgehead atoms. The Morgan fingerprint density at radius 1 is 1.18 bits per heavy atom. The number of carboxylic acids is 1. The van der Waals surface area contributed by atoms with E-state index in [1.54, 1.807) is 12.1 Å². The van der Waals surface area contributed by atoms with E-state index in [0.717, 1.165) is 8.96 Å². The maximum Gasteiger partial charge on any atom is 0.355 e. The summed E-state index contributed by atoms with van der Waals surface area (Å²) < 4.78 is 14.6. The average molecular weight is 406 g/mol. The lowest BCUT2D eigenvalue weighted by Gasteiger charge is -2.04. The van der Waals surface area contributed by atoms with Gasteiger partial charge in [-0.25, -0.2) is 14.2 Å². The summed E-state index contributed by atoms with van der Waals surface area (Å²) in [6, 6.07) is 9.88. The lowest BCUT2D eigenvalue weighted by molar-refractivity contribution is 0.0693. The van der Waals surface area contributed by atoms with Crippen LogP contribution in [-0.2, 0) is 0 Å². The van der Waals surface area contributed by atoms with Crippen molar-refractivity contribution >= 4 is 61.3 Å². The molecular weight excluding hydrogens is 398 g/mol. The Labute approximate surface area is 137 Å². The molecule has 0 amide bonds. The third kappa shape index (κ3) is 1.87. The van der Waals surface area contributed by atoms with Crippen LogP contribution in [-0.4, -0.2) is 21.0 Å². The fourth-order valence-corrected chi connectivity index (χ4v) is 3.24. The van der Waals surface area contributed by atoms with Crippen LogP contribution in [0.2, 0.25) is 0 Å². The van der Waals surface area contributed by atoms with Crippen LogP contribution in [0.4, 0.5) is 4.39 Å². The Hall–Kier alpha value is -2.22. The Morgan fingerprint density at radius 2 is 2.00 bits per heavy atom. The lowest BCUT2D eigenvalue weighted by Crippen LogP contribution is -2.01. The van der Waals surface area contributed by atoms with Crippen LogP contribution >= 0.6 is 22.6 Å². The third-order valence-electron chi connectivity index (χ3n) is 3.66. The zero-order chi connectivity index (χ0) is 15.4. The molecule has 4 nitrogen and oxygen atoms in total. The number of aromatic carboxylic acids is 1. The van der Waals surface area contributed by atoms with Gasteiger partial charge in [-0.1, -0.05) is 0 Å². The number of hydrogen-bond acceptors (Lipinski definition) is 2. The minimum absolute atomic E-state index is 0.0689. The second-order valence-corrected chi connectivity index (χ2v) is 6.24. The Balaban J connectivity index is 2.33. The number of halogens is 2. The smallest absolute Gasteiger partial charge is 0.355 e. The van der Waals surface area contributed by atoms with Crippen molar-refractivity contribution in [3.63, 3.8) is 0 Å². The van der Waals surface area contributed by atoms with E-state index in [1.165, 1.54) is 12.1 Å². The second kappa shape index (κ2) is 4.64. The van der Waals surface area contributed by atoms with E-state index in [4.69, 9.17) is 0 Å². The molecule has 0 aliphatic carbocycles. The Morgan fingerprint density at radius 3 is 2.77 bits per heavy atom. The van der Waals surface area contributed by atoms with Gasteiger partial charge >= 0.3 is 5.97 Å². The molecule has 0 aliphatic rings. The highest BCUT2D eigenvalue weighted by Crippen LogP contribution is 2.33. The first-order valence-corrected chi connectivity index (χ1v) is 7.56. The van der Waals surface area contributed by atoms with Gasteiger partial charge < -0.3 is 10.1 Å². The van der Waals surface area contributed by atoms with Crippen LogP contribution in [0, 0.1) is 9.39 Å². The van der Waals surface area contributed by atoms with Gasteiger partial charge in [-0.3, -0.25) is 0 Å². The highest BCUT2D eigenvalue weighted by Gasteiger charge is 2.19. The molecule has 0 spiro atoms. The number of carboxylic acid groups (broad SMARTS) is 1. The molecule has 4 rings (SSSR count). The monoisotopic (exact) mass is 406 g/mol. The summed E-state index contributed by atoms with van der Waals surface area (Å²) in [5.41, 5.74) is 1.88. The van der Waals surface area contributed by atoms with Gasteiger partial charge in [-0.2, -0.15) is 0 Å². The number of H-pyrrole nitrogens is 1. The highest BCUT2D eigenvalue weighted by atomic mass is 127. The zero-order valence-electron chi connectivity index (χ0n) is 11.0.